The number of thioether (sulfide) groups is 1. The maximum atomic E-state index is 12.9. The fourth-order valence-corrected chi connectivity index (χ4v) is 4.74. The molecule has 10 heteroatoms. The van der Waals surface area contributed by atoms with Crippen LogP contribution in [-0.2, 0) is 11.8 Å². The molecule has 0 radical (unpaired) electrons. The molecule has 1 atom stereocenters. The lowest BCUT2D eigenvalue weighted by Crippen LogP contribution is -2.24. The monoisotopic (exact) mass is 459 g/mol. The first-order chi connectivity index (χ1) is 14.8. The largest absolute Gasteiger partial charge is 0.341 e. The fraction of sp³-hybridized carbons (Fsp3) is 0.429. The van der Waals surface area contributed by atoms with E-state index in [-0.39, 0.29) is 11.2 Å². The predicted octanol–water partition coefficient (Wildman–Crippen LogP) is 3.99. The van der Waals surface area contributed by atoms with Gasteiger partial charge in [-0.15, -0.1) is 10.2 Å². The normalized spacial score (nSPS) is 14.8. The molecule has 1 N–H and O–H groups in total. The van der Waals surface area contributed by atoms with Gasteiger partial charge in [0, 0.05) is 25.2 Å². The number of aromatic nitrogens is 5. The SMILES string of the molecule is Cc1nn(C)c(C)c1NC(=O)[C@@H](C)Sc1nnc(N2CCCC2)n1-c1cccc(Cl)c1. The third-order valence-electron chi connectivity index (χ3n) is 5.48. The number of benzene rings is 1. The summed E-state index contributed by atoms with van der Waals surface area (Å²) in [5.74, 6) is 0.682. The molecule has 0 spiro atoms. The van der Waals surface area contributed by atoms with Crippen molar-refractivity contribution >= 4 is 40.9 Å². The van der Waals surface area contributed by atoms with E-state index in [2.05, 4.69) is 25.5 Å². The van der Waals surface area contributed by atoms with Gasteiger partial charge in [-0.25, -0.2) is 0 Å². The Morgan fingerprint density at radius 2 is 1.97 bits per heavy atom. The Kier molecular flexibility index (Phi) is 6.24. The average Bonchev–Trinajstić information content (AvgIpc) is 3.45. The Hall–Kier alpha value is -2.52. The molecule has 1 aliphatic heterocycles. The van der Waals surface area contributed by atoms with Crippen molar-refractivity contribution in [3.8, 4) is 5.69 Å². The summed E-state index contributed by atoms with van der Waals surface area (Å²) in [6.45, 7) is 7.58. The van der Waals surface area contributed by atoms with Crippen molar-refractivity contribution in [2.24, 2.45) is 7.05 Å². The summed E-state index contributed by atoms with van der Waals surface area (Å²) in [6, 6.07) is 7.62. The molecule has 0 unspecified atom stereocenters. The first-order valence-corrected chi connectivity index (χ1v) is 11.5. The van der Waals surface area contributed by atoms with Gasteiger partial charge in [0.2, 0.25) is 11.9 Å². The summed E-state index contributed by atoms with van der Waals surface area (Å²) in [5, 5.41) is 17.2. The molecule has 1 aromatic carbocycles. The van der Waals surface area contributed by atoms with Crippen LogP contribution in [0.4, 0.5) is 11.6 Å². The first kappa shape index (κ1) is 21.7. The van der Waals surface area contributed by atoms with Crippen LogP contribution in [0.25, 0.3) is 5.69 Å². The van der Waals surface area contributed by atoms with Crippen LogP contribution in [0.3, 0.4) is 0 Å². The van der Waals surface area contributed by atoms with E-state index in [0.717, 1.165) is 54.6 Å². The summed E-state index contributed by atoms with van der Waals surface area (Å²) in [6.07, 6.45) is 2.26. The van der Waals surface area contributed by atoms with E-state index < -0.39 is 0 Å². The van der Waals surface area contributed by atoms with Gasteiger partial charge in [-0.05, 0) is 51.8 Å². The van der Waals surface area contributed by atoms with E-state index in [4.69, 9.17) is 11.6 Å². The summed E-state index contributed by atoms with van der Waals surface area (Å²) >= 11 is 7.63. The molecule has 0 bridgehead atoms. The predicted molar refractivity (Wildman–Crippen MR) is 124 cm³/mol. The Morgan fingerprint density at radius 1 is 1.23 bits per heavy atom. The van der Waals surface area contributed by atoms with Gasteiger partial charge in [0.25, 0.3) is 0 Å². The van der Waals surface area contributed by atoms with Gasteiger partial charge in [0.1, 0.15) is 0 Å². The van der Waals surface area contributed by atoms with Crippen molar-refractivity contribution in [1.82, 2.24) is 24.5 Å². The minimum atomic E-state index is -0.382. The Balaban J connectivity index is 1.61. The van der Waals surface area contributed by atoms with Crippen molar-refractivity contribution in [1.29, 1.82) is 0 Å². The molecule has 1 amide bonds. The maximum absolute atomic E-state index is 12.9. The second-order valence-corrected chi connectivity index (χ2v) is 9.46. The molecular formula is C21H26ClN7OS. The number of carbonyl (C=O) groups excluding carboxylic acids is 1. The highest BCUT2D eigenvalue weighted by Gasteiger charge is 2.26. The molecule has 0 aliphatic carbocycles. The third-order valence-corrected chi connectivity index (χ3v) is 6.76. The average molecular weight is 460 g/mol. The Bertz CT molecular complexity index is 1100. The van der Waals surface area contributed by atoms with Crippen molar-refractivity contribution < 1.29 is 4.79 Å². The third kappa shape index (κ3) is 4.43. The molecule has 3 aromatic rings. The van der Waals surface area contributed by atoms with Gasteiger partial charge in [-0.1, -0.05) is 29.4 Å². The van der Waals surface area contributed by atoms with Gasteiger partial charge < -0.3 is 10.2 Å². The number of hydrogen-bond acceptors (Lipinski definition) is 6. The van der Waals surface area contributed by atoms with Gasteiger partial charge >= 0.3 is 0 Å². The number of anilines is 2. The van der Waals surface area contributed by atoms with E-state index in [1.165, 1.54) is 11.8 Å². The molecule has 0 saturated carbocycles. The van der Waals surface area contributed by atoms with Crippen LogP contribution >= 0.6 is 23.4 Å². The number of hydrogen-bond donors (Lipinski definition) is 1. The van der Waals surface area contributed by atoms with Crippen molar-refractivity contribution in [2.75, 3.05) is 23.3 Å². The van der Waals surface area contributed by atoms with E-state index in [9.17, 15) is 4.79 Å². The Morgan fingerprint density at radius 3 is 2.61 bits per heavy atom. The second-order valence-electron chi connectivity index (χ2n) is 7.71. The summed E-state index contributed by atoms with van der Waals surface area (Å²) in [4.78, 5) is 15.2. The standard InChI is InChI=1S/C21H26ClN7OS/c1-13-18(14(2)27(4)26-13)23-19(30)15(3)31-21-25-24-20(28-10-5-6-11-28)29(21)17-9-7-8-16(22)12-17/h7-9,12,15H,5-6,10-11H2,1-4H3,(H,23,30)/t15-/m1/s1. The highest BCUT2D eigenvalue weighted by atomic mass is 35.5. The van der Waals surface area contributed by atoms with Crippen molar-refractivity contribution in [3.63, 3.8) is 0 Å². The minimum Gasteiger partial charge on any atom is -0.341 e. The van der Waals surface area contributed by atoms with Crippen LogP contribution in [0.1, 0.15) is 31.2 Å². The number of aryl methyl sites for hydroxylation is 2. The van der Waals surface area contributed by atoms with E-state index in [1.807, 2.05) is 56.7 Å². The smallest absolute Gasteiger partial charge is 0.237 e. The molecule has 1 saturated heterocycles. The molecule has 164 valence electrons. The molecule has 2 aromatic heterocycles. The lowest BCUT2D eigenvalue weighted by atomic mass is 10.3. The Labute approximate surface area is 191 Å². The van der Waals surface area contributed by atoms with Gasteiger partial charge in [-0.3, -0.25) is 14.0 Å². The minimum absolute atomic E-state index is 0.104. The van der Waals surface area contributed by atoms with Crippen LogP contribution in [0, 0.1) is 13.8 Å². The van der Waals surface area contributed by atoms with Crippen LogP contribution in [0.15, 0.2) is 29.4 Å². The number of nitrogens with zero attached hydrogens (tertiary/aromatic N) is 6. The zero-order valence-electron chi connectivity index (χ0n) is 18.1. The molecule has 1 fully saturated rings. The molecule has 3 heterocycles. The highest BCUT2D eigenvalue weighted by molar-refractivity contribution is 8.00. The summed E-state index contributed by atoms with van der Waals surface area (Å²) < 4.78 is 3.76. The van der Waals surface area contributed by atoms with E-state index >= 15 is 0 Å². The number of amides is 1. The molecule has 8 nitrogen and oxygen atoms in total. The number of rotatable bonds is 6. The van der Waals surface area contributed by atoms with Crippen molar-refractivity contribution in [3.05, 3.63) is 40.7 Å². The van der Waals surface area contributed by atoms with Crippen LogP contribution < -0.4 is 10.2 Å². The zero-order valence-corrected chi connectivity index (χ0v) is 19.7. The maximum Gasteiger partial charge on any atom is 0.237 e. The molecular weight excluding hydrogens is 434 g/mol. The van der Waals surface area contributed by atoms with Crippen LogP contribution in [0.5, 0.6) is 0 Å². The second kappa shape index (κ2) is 8.92. The van der Waals surface area contributed by atoms with Gasteiger partial charge in [-0.2, -0.15) is 5.10 Å². The van der Waals surface area contributed by atoms with E-state index in [0.29, 0.717) is 10.2 Å². The van der Waals surface area contributed by atoms with Crippen LogP contribution in [-0.4, -0.2) is 48.8 Å². The quantitative estimate of drug-likeness (QED) is 0.561. The van der Waals surface area contributed by atoms with Crippen molar-refractivity contribution in [2.45, 2.75) is 44.0 Å². The van der Waals surface area contributed by atoms with Crippen LogP contribution in [0.2, 0.25) is 5.02 Å². The molecule has 1 aliphatic rings. The number of nitrogens with one attached hydrogen (secondary N) is 1. The zero-order chi connectivity index (χ0) is 22.1. The van der Waals surface area contributed by atoms with Gasteiger partial charge in [0.15, 0.2) is 5.16 Å². The first-order valence-electron chi connectivity index (χ1n) is 10.3. The number of halogens is 1. The van der Waals surface area contributed by atoms with Gasteiger partial charge in [0.05, 0.1) is 28.0 Å². The highest BCUT2D eigenvalue weighted by Crippen LogP contribution is 2.32. The molecule has 4 rings (SSSR count). The summed E-state index contributed by atoms with van der Waals surface area (Å²) in [7, 11) is 1.86. The lowest BCUT2D eigenvalue weighted by molar-refractivity contribution is -0.115. The topological polar surface area (TPSA) is 80.9 Å². The van der Waals surface area contributed by atoms with E-state index in [1.54, 1.807) is 4.68 Å². The fourth-order valence-electron chi connectivity index (χ4n) is 3.69. The molecule has 31 heavy (non-hydrogen) atoms. The number of carbonyl (C=O) groups is 1. The lowest BCUT2D eigenvalue weighted by Gasteiger charge is -2.19. The summed E-state index contributed by atoms with van der Waals surface area (Å²) in [5.41, 5.74) is 3.35.